The Morgan fingerprint density at radius 2 is 2.05 bits per heavy atom. The Bertz CT molecular complexity index is 560. The molecule has 1 aliphatic heterocycles. The van der Waals surface area contributed by atoms with Crippen molar-refractivity contribution in [1.29, 1.82) is 0 Å². The molecule has 2 aliphatic rings. The molecule has 1 saturated heterocycles. The molecular formula is C12H17BrN2O3S. The quantitative estimate of drug-likeness (QED) is 0.884. The molecule has 1 aromatic rings. The number of rotatable bonds is 5. The molecule has 5 nitrogen and oxygen atoms in total. The normalized spacial score (nSPS) is 21.1. The highest BCUT2D eigenvalue weighted by Gasteiger charge is 2.31. The molecule has 19 heavy (non-hydrogen) atoms. The molecule has 0 bridgehead atoms. The highest BCUT2D eigenvalue weighted by molar-refractivity contribution is 9.10. The van der Waals surface area contributed by atoms with Crippen molar-refractivity contribution in [2.75, 3.05) is 13.1 Å². The molecule has 1 N–H and O–H groups in total. The first-order valence-corrected chi connectivity index (χ1v) is 8.82. The Balaban J connectivity index is 1.78. The molecule has 0 spiro atoms. The molecular weight excluding hydrogens is 332 g/mol. The minimum Gasteiger partial charge on any atom is -0.452 e. The lowest BCUT2D eigenvalue weighted by atomic mass is 10.4. The number of hydrogen-bond acceptors (Lipinski definition) is 4. The highest BCUT2D eigenvalue weighted by Crippen LogP contribution is 2.30. The Labute approximate surface area is 121 Å². The summed E-state index contributed by atoms with van der Waals surface area (Å²) in [5, 5.41) is 3.31. The summed E-state index contributed by atoms with van der Waals surface area (Å²) >= 11 is 3.22. The zero-order valence-corrected chi connectivity index (χ0v) is 13.0. The summed E-state index contributed by atoms with van der Waals surface area (Å²) in [4.78, 5) is 0.252. The van der Waals surface area contributed by atoms with E-state index in [2.05, 4.69) is 21.2 Å². The van der Waals surface area contributed by atoms with Gasteiger partial charge in [0.05, 0.1) is 6.54 Å². The molecule has 0 radical (unpaired) electrons. The Morgan fingerprint density at radius 3 is 2.68 bits per heavy atom. The molecule has 0 atom stereocenters. The van der Waals surface area contributed by atoms with Gasteiger partial charge in [-0.15, -0.1) is 0 Å². The van der Waals surface area contributed by atoms with E-state index in [1.165, 1.54) is 17.1 Å². The minimum atomic E-state index is -3.41. The molecule has 3 rings (SSSR count). The van der Waals surface area contributed by atoms with Crippen LogP contribution in [-0.2, 0) is 16.6 Å². The van der Waals surface area contributed by atoms with Crippen molar-refractivity contribution in [1.82, 2.24) is 9.62 Å². The maximum absolute atomic E-state index is 12.4. The van der Waals surface area contributed by atoms with Gasteiger partial charge in [-0.3, -0.25) is 0 Å². The van der Waals surface area contributed by atoms with Gasteiger partial charge in [0.25, 0.3) is 0 Å². The monoisotopic (exact) mass is 348 g/mol. The van der Waals surface area contributed by atoms with Gasteiger partial charge in [0.15, 0.2) is 4.67 Å². The van der Waals surface area contributed by atoms with Gasteiger partial charge in [0, 0.05) is 25.2 Å². The minimum absolute atomic E-state index is 0.252. The van der Waals surface area contributed by atoms with Gasteiger partial charge in [0.2, 0.25) is 10.0 Å². The van der Waals surface area contributed by atoms with Crippen molar-refractivity contribution in [3.63, 3.8) is 0 Å². The van der Waals surface area contributed by atoms with Crippen molar-refractivity contribution in [3.8, 4) is 0 Å². The lowest BCUT2D eigenvalue weighted by Gasteiger charge is -2.13. The fourth-order valence-corrected chi connectivity index (χ4v) is 4.74. The summed E-state index contributed by atoms with van der Waals surface area (Å²) in [7, 11) is -3.41. The zero-order valence-electron chi connectivity index (χ0n) is 10.6. The van der Waals surface area contributed by atoms with Crippen LogP contribution in [0.4, 0.5) is 0 Å². The van der Waals surface area contributed by atoms with Crippen molar-refractivity contribution < 1.29 is 12.8 Å². The number of halogens is 1. The van der Waals surface area contributed by atoms with Gasteiger partial charge in [0.1, 0.15) is 10.7 Å². The van der Waals surface area contributed by atoms with Gasteiger partial charge in [-0.2, -0.15) is 4.31 Å². The third-order valence-electron chi connectivity index (χ3n) is 3.53. The summed E-state index contributed by atoms with van der Waals surface area (Å²) in [5.74, 6) is 0.663. The molecule has 0 unspecified atom stereocenters. The largest absolute Gasteiger partial charge is 0.452 e. The average Bonchev–Trinajstić information content (AvgIpc) is 2.89. The lowest BCUT2D eigenvalue weighted by molar-refractivity contribution is 0.453. The Kier molecular flexibility index (Phi) is 3.72. The van der Waals surface area contributed by atoms with Crippen LogP contribution in [0.5, 0.6) is 0 Å². The van der Waals surface area contributed by atoms with Crippen LogP contribution in [0.15, 0.2) is 20.0 Å². The molecule has 1 saturated carbocycles. The molecule has 0 amide bonds. The first kappa shape index (κ1) is 13.6. The van der Waals surface area contributed by atoms with Gasteiger partial charge in [-0.05, 0) is 41.6 Å². The molecule has 106 valence electrons. The van der Waals surface area contributed by atoms with E-state index in [0.29, 0.717) is 36.1 Å². The van der Waals surface area contributed by atoms with Crippen LogP contribution in [0.2, 0.25) is 0 Å². The van der Waals surface area contributed by atoms with Crippen LogP contribution in [0.25, 0.3) is 0 Å². The Morgan fingerprint density at radius 1 is 1.37 bits per heavy atom. The van der Waals surface area contributed by atoms with Crippen LogP contribution < -0.4 is 5.32 Å². The molecule has 1 aliphatic carbocycles. The van der Waals surface area contributed by atoms with Crippen LogP contribution >= 0.6 is 15.9 Å². The van der Waals surface area contributed by atoms with Crippen molar-refractivity contribution in [2.24, 2.45) is 0 Å². The summed E-state index contributed by atoms with van der Waals surface area (Å²) < 4.78 is 32.2. The van der Waals surface area contributed by atoms with Crippen molar-refractivity contribution in [3.05, 3.63) is 16.5 Å². The third-order valence-corrected chi connectivity index (χ3v) is 6.29. The predicted octanol–water partition coefficient (Wildman–Crippen LogP) is 2.08. The predicted molar refractivity (Wildman–Crippen MR) is 74.3 cm³/mol. The van der Waals surface area contributed by atoms with Crippen LogP contribution in [-0.4, -0.2) is 31.9 Å². The van der Waals surface area contributed by atoms with Crippen molar-refractivity contribution in [2.45, 2.75) is 43.2 Å². The van der Waals surface area contributed by atoms with E-state index >= 15 is 0 Å². The van der Waals surface area contributed by atoms with E-state index < -0.39 is 10.0 Å². The highest BCUT2D eigenvalue weighted by atomic mass is 79.9. The van der Waals surface area contributed by atoms with E-state index in [0.717, 1.165) is 12.8 Å². The third kappa shape index (κ3) is 2.89. The van der Waals surface area contributed by atoms with Crippen LogP contribution in [0, 0.1) is 0 Å². The van der Waals surface area contributed by atoms with Crippen molar-refractivity contribution >= 4 is 26.0 Å². The topological polar surface area (TPSA) is 62.6 Å². The first-order chi connectivity index (χ1) is 9.07. The number of nitrogens with one attached hydrogen (secondary N) is 1. The summed E-state index contributed by atoms with van der Waals surface area (Å²) in [5.41, 5.74) is 0. The fourth-order valence-electron chi connectivity index (χ4n) is 2.26. The van der Waals surface area contributed by atoms with Gasteiger partial charge in [-0.1, -0.05) is 0 Å². The number of nitrogens with zero attached hydrogens (tertiary/aromatic N) is 1. The molecule has 2 heterocycles. The maximum atomic E-state index is 12.4. The second-order valence-corrected chi connectivity index (χ2v) is 7.74. The van der Waals surface area contributed by atoms with E-state index in [-0.39, 0.29) is 4.90 Å². The van der Waals surface area contributed by atoms with Crippen LogP contribution in [0.3, 0.4) is 0 Å². The number of hydrogen-bond donors (Lipinski definition) is 1. The second-order valence-electron chi connectivity index (χ2n) is 5.12. The smallest absolute Gasteiger partial charge is 0.247 e. The SMILES string of the molecule is O=S(=O)(c1cc(CNC2CC2)oc1Br)N1CCCC1. The average molecular weight is 349 g/mol. The Hall–Kier alpha value is -0.370. The summed E-state index contributed by atoms with van der Waals surface area (Å²) in [6, 6.07) is 2.20. The molecule has 2 fully saturated rings. The van der Waals surface area contributed by atoms with Crippen LogP contribution in [0.1, 0.15) is 31.4 Å². The molecule has 0 aromatic carbocycles. The summed E-state index contributed by atoms with van der Waals surface area (Å²) in [6.07, 6.45) is 4.26. The van der Waals surface area contributed by atoms with E-state index in [1.54, 1.807) is 6.07 Å². The van der Waals surface area contributed by atoms with Gasteiger partial charge >= 0.3 is 0 Å². The molecule has 7 heteroatoms. The number of furan rings is 1. The zero-order chi connectivity index (χ0) is 13.5. The van der Waals surface area contributed by atoms with Gasteiger partial charge < -0.3 is 9.73 Å². The van der Waals surface area contributed by atoms with Gasteiger partial charge in [-0.25, -0.2) is 8.42 Å². The first-order valence-electron chi connectivity index (χ1n) is 6.59. The standard InChI is InChI=1S/C12H17BrN2O3S/c13-12-11(19(16,17)15-5-1-2-6-15)7-10(18-12)8-14-9-3-4-9/h7,9,14H,1-6,8H2. The fraction of sp³-hybridized carbons (Fsp3) is 0.667. The molecule has 1 aromatic heterocycles. The summed E-state index contributed by atoms with van der Waals surface area (Å²) in [6.45, 7) is 1.80. The van der Waals surface area contributed by atoms with E-state index in [1.807, 2.05) is 0 Å². The lowest BCUT2D eigenvalue weighted by Crippen LogP contribution is -2.27. The van der Waals surface area contributed by atoms with E-state index in [4.69, 9.17) is 4.42 Å². The second kappa shape index (κ2) is 5.20. The number of sulfonamides is 1. The van der Waals surface area contributed by atoms with E-state index in [9.17, 15) is 8.42 Å². The maximum Gasteiger partial charge on any atom is 0.247 e.